The predicted octanol–water partition coefficient (Wildman–Crippen LogP) is 4.15. The molecule has 3 nitrogen and oxygen atoms in total. The van der Waals surface area contributed by atoms with Gasteiger partial charge in [0.2, 0.25) is 0 Å². The fourth-order valence-electron chi connectivity index (χ4n) is 4.14. The van der Waals surface area contributed by atoms with Gasteiger partial charge in [-0.15, -0.1) is 0 Å². The van der Waals surface area contributed by atoms with Crippen LogP contribution in [0.15, 0.2) is 24.3 Å². The average Bonchev–Trinajstić information content (AvgIpc) is 2.78. The van der Waals surface area contributed by atoms with E-state index in [0.29, 0.717) is 11.8 Å². The summed E-state index contributed by atoms with van der Waals surface area (Å²) in [5.41, 5.74) is 1.52. The maximum absolute atomic E-state index is 11.2. The molecule has 1 aromatic rings. The van der Waals surface area contributed by atoms with Crippen molar-refractivity contribution in [2.24, 2.45) is 0 Å². The molecule has 1 saturated heterocycles. The van der Waals surface area contributed by atoms with Crippen LogP contribution in [0.2, 0.25) is 0 Å². The van der Waals surface area contributed by atoms with Crippen molar-refractivity contribution in [1.82, 2.24) is 4.90 Å². The Morgan fingerprint density at radius 3 is 2.77 bits per heavy atom. The Balaban J connectivity index is 2.40. The Hall–Kier alpha value is -1.35. The fraction of sp³-hybridized carbons (Fsp3) is 0.632. The van der Waals surface area contributed by atoms with E-state index >= 15 is 0 Å². The first kappa shape index (κ1) is 17.0. The van der Waals surface area contributed by atoms with Crippen molar-refractivity contribution < 1.29 is 9.53 Å². The van der Waals surface area contributed by atoms with Crippen LogP contribution in [0.3, 0.4) is 0 Å². The second kappa shape index (κ2) is 7.28. The lowest BCUT2D eigenvalue weighted by Crippen LogP contribution is -2.41. The molecule has 2 atom stereocenters. The van der Waals surface area contributed by atoms with E-state index in [0.717, 1.165) is 6.54 Å². The van der Waals surface area contributed by atoms with Crippen molar-refractivity contribution in [3.05, 3.63) is 29.8 Å². The number of ether oxygens (including phenoxy) is 1. The van der Waals surface area contributed by atoms with E-state index in [1.807, 2.05) is 12.1 Å². The van der Waals surface area contributed by atoms with Crippen LogP contribution in [0.5, 0.6) is 5.75 Å². The van der Waals surface area contributed by atoms with Gasteiger partial charge in [-0.2, -0.15) is 0 Å². The van der Waals surface area contributed by atoms with Gasteiger partial charge in [-0.25, -0.2) is 0 Å². The third-order valence-corrected chi connectivity index (χ3v) is 5.01. The first-order valence-electron chi connectivity index (χ1n) is 8.52. The van der Waals surface area contributed by atoms with Crippen molar-refractivity contribution in [2.75, 3.05) is 13.6 Å². The highest BCUT2D eigenvalue weighted by molar-refractivity contribution is 5.69. The number of benzene rings is 1. The van der Waals surface area contributed by atoms with Gasteiger partial charge < -0.3 is 9.64 Å². The van der Waals surface area contributed by atoms with Gasteiger partial charge in [0, 0.05) is 18.4 Å². The zero-order chi connectivity index (χ0) is 16.2. The number of hydrogen-bond acceptors (Lipinski definition) is 3. The van der Waals surface area contributed by atoms with Crippen molar-refractivity contribution in [1.29, 1.82) is 0 Å². The standard InChI is InChI=1S/C19H29NO2/c1-5-8-18-19(11-6-2,12-13-20(18)4)16-9-7-10-17(14-16)22-15(3)21/h7,9-10,14,18H,5-6,8,11-13H2,1-4H3. The number of carbonyl (C=O) groups excluding carboxylic acids is 1. The molecule has 2 rings (SSSR count). The fourth-order valence-corrected chi connectivity index (χ4v) is 4.14. The smallest absolute Gasteiger partial charge is 0.308 e. The lowest BCUT2D eigenvalue weighted by atomic mass is 9.70. The van der Waals surface area contributed by atoms with Crippen LogP contribution < -0.4 is 4.74 Å². The molecule has 1 aliphatic rings. The molecule has 0 N–H and O–H groups in total. The Morgan fingerprint density at radius 1 is 1.36 bits per heavy atom. The highest BCUT2D eigenvalue weighted by Gasteiger charge is 2.45. The number of carbonyl (C=O) groups is 1. The second-order valence-electron chi connectivity index (χ2n) is 6.56. The number of likely N-dealkylation sites (N-methyl/N-ethyl adjacent to an activating group) is 1. The third kappa shape index (κ3) is 3.35. The molecule has 0 bridgehead atoms. The van der Waals surface area contributed by atoms with Crippen LogP contribution in [0.25, 0.3) is 0 Å². The van der Waals surface area contributed by atoms with E-state index in [4.69, 9.17) is 4.74 Å². The molecule has 1 aromatic carbocycles. The van der Waals surface area contributed by atoms with Crippen LogP contribution in [-0.4, -0.2) is 30.5 Å². The average molecular weight is 303 g/mol. The number of hydrogen-bond donors (Lipinski definition) is 0. The summed E-state index contributed by atoms with van der Waals surface area (Å²) in [5, 5.41) is 0. The molecule has 3 heteroatoms. The third-order valence-electron chi connectivity index (χ3n) is 5.01. The molecule has 0 saturated carbocycles. The lowest BCUT2D eigenvalue weighted by Gasteiger charge is -2.38. The molecular weight excluding hydrogens is 274 g/mol. The number of esters is 1. The first-order chi connectivity index (χ1) is 10.5. The van der Waals surface area contributed by atoms with Gasteiger partial charge in [0.1, 0.15) is 5.75 Å². The molecule has 122 valence electrons. The van der Waals surface area contributed by atoms with Crippen molar-refractivity contribution in [3.8, 4) is 5.75 Å². The minimum atomic E-state index is -0.254. The minimum Gasteiger partial charge on any atom is -0.427 e. The van der Waals surface area contributed by atoms with Gasteiger partial charge >= 0.3 is 5.97 Å². The molecule has 22 heavy (non-hydrogen) atoms. The molecule has 1 aliphatic heterocycles. The summed E-state index contributed by atoms with van der Waals surface area (Å²) < 4.78 is 5.31. The first-order valence-corrected chi connectivity index (χ1v) is 8.52. The number of nitrogens with zero attached hydrogens (tertiary/aromatic N) is 1. The van der Waals surface area contributed by atoms with Crippen molar-refractivity contribution >= 4 is 5.97 Å². The summed E-state index contributed by atoms with van der Waals surface area (Å²) in [7, 11) is 2.24. The molecule has 0 aliphatic carbocycles. The van der Waals surface area contributed by atoms with Gasteiger partial charge in [-0.3, -0.25) is 4.79 Å². The maximum atomic E-state index is 11.2. The van der Waals surface area contributed by atoms with Crippen LogP contribution in [-0.2, 0) is 10.2 Å². The lowest BCUT2D eigenvalue weighted by molar-refractivity contribution is -0.131. The Labute approximate surface area is 134 Å². The van der Waals surface area contributed by atoms with Gasteiger partial charge in [0.05, 0.1) is 0 Å². The number of likely N-dealkylation sites (tertiary alicyclic amines) is 1. The summed E-state index contributed by atoms with van der Waals surface area (Å²) in [6.45, 7) is 7.12. The van der Waals surface area contributed by atoms with E-state index in [9.17, 15) is 4.79 Å². The van der Waals surface area contributed by atoms with Crippen LogP contribution >= 0.6 is 0 Å². The molecule has 2 unspecified atom stereocenters. The maximum Gasteiger partial charge on any atom is 0.308 e. The van der Waals surface area contributed by atoms with Gasteiger partial charge in [-0.05, 0) is 50.6 Å². The zero-order valence-corrected chi connectivity index (χ0v) is 14.4. The van der Waals surface area contributed by atoms with Crippen molar-refractivity contribution in [3.63, 3.8) is 0 Å². The summed E-state index contributed by atoms with van der Waals surface area (Å²) in [6.07, 6.45) is 5.96. The molecular formula is C19H29NO2. The van der Waals surface area contributed by atoms with Crippen molar-refractivity contribution in [2.45, 2.75) is 64.3 Å². The normalized spacial score (nSPS) is 25.4. The molecule has 1 heterocycles. The molecule has 0 radical (unpaired) electrons. The molecule has 0 amide bonds. The van der Waals surface area contributed by atoms with Gasteiger partial charge in [0.25, 0.3) is 0 Å². The molecule has 0 spiro atoms. The monoisotopic (exact) mass is 303 g/mol. The van der Waals surface area contributed by atoms with E-state index in [1.165, 1.54) is 44.6 Å². The predicted molar refractivity (Wildman–Crippen MR) is 90.3 cm³/mol. The second-order valence-corrected chi connectivity index (χ2v) is 6.56. The topological polar surface area (TPSA) is 29.5 Å². The summed E-state index contributed by atoms with van der Waals surface area (Å²) >= 11 is 0. The summed E-state index contributed by atoms with van der Waals surface area (Å²) in [5.74, 6) is 0.417. The van der Waals surface area contributed by atoms with E-state index in [-0.39, 0.29) is 11.4 Å². The van der Waals surface area contributed by atoms with E-state index in [1.54, 1.807) is 0 Å². The Morgan fingerprint density at radius 2 is 2.14 bits per heavy atom. The van der Waals surface area contributed by atoms with Gasteiger partial charge in [0.15, 0.2) is 0 Å². The highest BCUT2D eigenvalue weighted by atomic mass is 16.5. The number of rotatable bonds is 6. The largest absolute Gasteiger partial charge is 0.427 e. The summed E-state index contributed by atoms with van der Waals surface area (Å²) in [4.78, 5) is 13.8. The SMILES string of the molecule is CCCC1N(C)CCC1(CCC)c1cccc(OC(C)=O)c1. The van der Waals surface area contributed by atoms with Gasteiger partial charge in [-0.1, -0.05) is 38.8 Å². The van der Waals surface area contributed by atoms with Crippen LogP contribution in [0.1, 0.15) is 58.4 Å². The highest BCUT2D eigenvalue weighted by Crippen LogP contribution is 2.45. The minimum absolute atomic E-state index is 0.190. The Bertz CT molecular complexity index is 510. The van der Waals surface area contributed by atoms with Crippen LogP contribution in [0.4, 0.5) is 0 Å². The summed E-state index contributed by atoms with van der Waals surface area (Å²) in [6, 6.07) is 8.76. The van der Waals surface area contributed by atoms with Crippen LogP contribution in [0, 0.1) is 0 Å². The Kier molecular flexibility index (Phi) is 5.63. The van der Waals surface area contributed by atoms with E-state index in [2.05, 4.69) is 37.9 Å². The van der Waals surface area contributed by atoms with E-state index < -0.39 is 0 Å². The molecule has 1 fully saturated rings. The molecule has 0 aromatic heterocycles. The quantitative estimate of drug-likeness (QED) is 0.584. The zero-order valence-electron chi connectivity index (χ0n) is 14.4.